The molecule has 1 aliphatic heterocycles. The van der Waals surface area contributed by atoms with Crippen LogP contribution in [0.5, 0.6) is 5.88 Å². The molecule has 1 saturated carbocycles. The number of nitrogens with zero attached hydrogens (tertiary/aromatic N) is 6. The average molecular weight is 408 g/mol. The number of aryl methyl sites for hydroxylation is 1. The van der Waals surface area contributed by atoms with Gasteiger partial charge in [0.05, 0.1) is 31.4 Å². The summed E-state index contributed by atoms with van der Waals surface area (Å²) in [5.74, 6) is 2.50. The van der Waals surface area contributed by atoms with E-state index in [9.17, 15) is 4.79 Å². The van der Waals surface area contributed by atoms with Gasteiger partial charge in [0.2, 0.25) is 5.65 Å². The molecule has 1 saturated heterocycles. The highest BCUT2D eigenvalue weighted by atomic mass is 16.5. The molecule has 4 heterocycles. The van der Waals surface area contributed by atoms with Crippen molar-refractivity contribution in [2.45, 2.75) is 19.9 Å². The molecule has 0 bridgehead atoms. The van der Waals surface area contributed by atoms with Gasteiger partial charge in [-0.05, 0) is 25.3 Å². The van der Waals surface area contributed by atoms with Gasteiger partial charge in [-0.25, -0.2) is 15.0 Å². The molecular formula is C20H24N8O2. The molecule has 2 aliphatic rings. The highest BCUT2D eigenvalue weighted by Crippen LogP contribution is 2.46. The van der Waals surface area contributed by atoms with Crippen LogP contribution in [0.25, 0.3) is 5.65 Å². The first-order valence-corrected chi connectivity index (χ1v) is 10.1. The normalized spacial score (nSPS) is 22.2. The third-order valence-electron chi connectivity index (χ3n) is 5.79. The predicted molar refractivity (Wildman–Crippen MR) is 111 cm³/mol. The Hall–Kier alpha value is -3.27. The van der Waals surface area contributed by atoms with Gasteiger partial charge < -0.3 is 20.3 Å². The maximum atomic E-state index is 12.6. The van der Waals surface area contributed by atoms with E-state index in [1.807, 2.05) is 13.1 Å². The highest BCUT2D eigenvalue weighted by Gasteiger charge is 2.55. The first-order chi connectivity index (χ1) is 14.6. The molecule has 2 N–H and O–H groups in total. The minimum Gasteiger partial charge on any atom is -0.478 e. The maximum Gasteiger partial charge on any atom is 0.277 e. The van der Waals surface area contributed by atoms with E-state index in [1.54, 1.807) is 16.8 Å². The summed E-state index contributed by atoms with van der Waals surface area (Å²) in [5.41, 5.74) is 1.66. The molecule has 10 nitrogen and oxygen atoms in total. The number of carbonyl (C=O) groups excluding carboxylic acids is 1. The smallest absolute Gasteiger partial charge is 0.277 e. The number of piperidine rings is 1. The van der Waals surface area contributed by atoms with Crippen molar-refractivity contribution in [3.05, 3.63) is 36.2 Å². The molecule has 5 rings (SSSR count). The fourth-order valence-corrected chi connectivity index (χ4v) is 4.32. The van der Waals surface area contributed by atoms with E-state index in [1.165, 1.54) is 13.3 Å². The largest absolute Gasteiger partial charge is 0.478 e. The third-order valence-corrected chi connectivity index (χ3v) is 5.79. The predicted octanol–water partition coefficient (Wildman–Crippen LogP) is 1.13. The van der Waals surface area contributed by atoms with E-state index in [4.69, 9.17) is 4.74 Å². The van der Waals surface area contributed by atoms with Gasteiger partial charge in [-0.3, -0.25) is 9.20 Å². The lowest BCUT2D eigenvalue weighted by Crippen LogP contribution is -2.31. The van der Waals surface area contributed by atoms with Crippen LogP contribution in [0.3, 0.4) is 0 Å². The van der Waals surface area contributed by atoms with E-state index in [-0.39, 0.29) is 11.6 Å². The lowest BCUT2D eigenvalue weighted by Gasteiger charge is -2.20. The van der Waals surface area contributed by atoms with Gasteiger partial charge in [-0.2, -0.15) is 4.98 Å². The zero-order valence-corrected chi connectivity index (χ0v) is 17.2. The van der Waals surface area contributed by atoms with Gasteiger partial charge in [0.1, 0.15) is 11.5 Å². The standard InChI is InChI=1S/C20H24N8O2/c1-4-21-17-12-8-27(9-13(12)17)16-6-22-14(5-23-16)19(29)25-15-10-28-7-11(2)24-18(28)20(26-15)30-3/h5-7,10,12-13,17,21H,4,8-9H2,1-3H3,(H,25,29)/t12-,13+,17-. The van der Waals surface area contributed by atoms with Gasteiger partial charge in [0.25, 0.3) is 11.8 Å². The summed E-state index contributed by atoms with van der Waals surface area (Å²) in [4.78, 5) is 32.3. The number of hydrogen-bond acceptors (Lipinski definition) is 8. The molecule has 1 aliphatic carbocycles. The molecule has 156 valence electrons. The van der Waals surface area contributed by atoms with Crippen molar-refractivity contribution < 1.29 is 9.53 Å². The van der Waals surface area contributed by atoms with Crippen LogP contribution in [0.2, 0.25) is 0 Å². The summed E-state index contributed by atoms with van der Waals surface area (Å²) in [7, 11) is 1.52. The topological polar surface area (TPSA) is 110 Å². The Labute approximate surface area is 173 Å². The van der Waals surface area contributed by atoms with E-state index in [2.05, 4.69) is 42.4 Å². The van der Waals surface area contributed by atoms with Crippen molar-refractivity contribution >= 4 is 23.2 Å². The van der Waals surface area contributed by atoms with Crippen LogP contribution >= 0.6 is 0 Å². The average Bonchev–Trinajstić information content (AvgIpc) is 3.08. The summed E-state index contributed by atoms with van der Waals surface area (Å²) >= 11 is 0. The molecular weight excluding hydrogens is 384 g/mol. The monoisotopic (exact) mass is 408 g/mol. The second-order valence-corrected chi connectivity index (χ2v) is 7.78. The Kier molecular flexibility index (Phi) is 4.50. The van der Waals surface area contributed by atoms with Gasteiger partial charge in [0.15, 0.2) is 5.82 Å². The molecule has 3 atom stereocenters. The SMILES string of the molecule is CCN[C@@H]1[C@@H]2CN(c3cnc(C(=O)Nc4cn5cc(C)nc5c(OC)n4)cn3)C[C@@H]21. The Morgan fingerprint density at radius 2 is 2.00 bits per heavy atom. The van der Waals surface area contributed by atoms with Crippen molar-refractivity contribution in [3.63, 3.8) is 0 Å². The van der Waals surface area contributed by atoms with Gasteiger partial charge in [-0.1, -0.05) is 6.92 Å². The number of methoxy groups -OCH3 is 1. The van der Waals surface area contributed by atoms with Crippen LogP contribution in [0, 0.1) is 18.8 Å². The summed E-state index contributed by atoms with van der Waals surface area (Å²) in [5, 5.41) is 6.28. The Bertz CT molecular complexity index is 1080. The molecule has 0 unspecified atom stereocenters. The van der Waals surface area contributed by atoms with E-state index in [0.717, 1.165) is 31.1 Å². The number of aromatic nitrogens is 5. The summed E-state index contributed by atoms with van der Waals surface area (Å²) in [6.07, 6.45) is 6.70. The number of anilines is 2. The fourth-order valence-electron chi connectivity index (χ4n) is 4.32. The van der Waals surface area contributed by atoms with Gasteiger partial charge >= 0.3 is 0 Å². The van der Waals surface area contributed by atoms with E-state index in [0.29, 0.717) is 35.2 Å². The molecule has 2 fully saturated rings. The van der Waals surface area contributed by atoms with Crippen LogP contribution in [-0.4, -0.2) is 63.0 Å². The van der Waals surface area contributed by atoms with Crippen LogP contribution in [0.1, 0.15) is 23.1 Å². The zero-order chi connectivity index (χ0) is 20.8. The van der Waals surface area contributed by atoms with Crippen molar-refractivity contribution in [3.8, 4) is 5.88 Å². The van der Waals surface area contributed by atoms with Crippen LogP contribution in [0.4, 0.5) is 11.6 Å². The van der Waals surface area contributed by atoms with Crippen molar-refractivity contribution in [2.75, 3.05) is 37.0 Å². The zero-order valence-electron chi connectivity index (χ0n) is 17.2. The van der Waals surface area contributed by atoms with Gasteiger partial charge in [-0.15, -0.1) is 0 Å². The molecule has 0 radical (unpaired) electrons. The summed E-state index contributed by atoms with van der Waals surface area (Å²) in [6.45, 7) is 7.00. The van der Waals surface area contributed by atoms with Crippen molar-refractivity contribution in [2.24, 2.45) is 11.8 Å². The van der Waals surface area contributed by atoms with Crippen LogP contribution in [0.15, 0.2) is 24.8 Å². The first kappa shape index (κ1) is 18.7. The third kappa shape index (κ3) is 3.22. The highest BCUT2D eigenvalue weighted by molar-refractivity contribution is 6.02. The Morgan fingerprint density at radius 3 is 2.67 bits per heavy atom. The van der Waals surface area contributed by atoms with E-state index < -0.39 is 0 Å². The maximum absolute atomic E-state index is 12.6. The van der Waals surface area contributed by atoms with E-state index >= 15 is 0 Å². The lowest BCUT2D eigenvalue weighted by molar-refractivity contribution is 0.102. The summed E-state index contributed by atoms with van der Waals surface area (Å²) < 4.78 is 7.06. The molecule has 3 aromatic heterocycles. The number of amides is 1. The number of carbonyl (C=O) groups is 1. The fraction of sp³-hybridized carbons (Fsp3) is 0.450. The van der Waals surface area contributed by atoms with Crippen LogP contribution < -0.4 is 20.3 Å². The quantitative estimate of drug-likeness (QED) is 0.625. The first-order valence-electron chi connectivity index (χ1n) is 10.1. The second kappa shape index (κ2) is 7.21. The second-order valence-electron chi connectivity index (χ2n) is 7.78. The van der Waals surface area contributed by atoms with Gasteiger partial charge in [0, 0.05) is 25.3 Å². The number of rotatable bonds is 6. The Morgan fingerprint density at radius 1 is 1.20 bits per heavy atom. The van der Waals surface area contributed by atoms with Crippen LogP contribution in [-0.2, 0) is 0 Å². The molecule has 0 aromatic carbocycles. The lowest BCUT2D eigenvalue weighted by atomic mass is 10.3. The molecule has 1 amide bonds. The molecule has 30 heavy (non-hydrogen) atoms. The minimum atomic E-state index is -0.378. The number of fused-ring (bicyclic) bond motifs is 2. The number of imidazole rings is 1. The number of hydrogen-bond donors (Lipinski definition) is 2. The van der Waals surface area contributed by atoms with Crippen molar-refractivity contribution in [1.29, 1.82) is 0 Å². The number of nitrogens with one attached hydrogen (secondary N) is 2. The number of ether oxygens (including phenoxy) is 1. The summed E-state index contributed by atoms with van der Waals surface area (Å²) in [6, 6.07) is 0.644. The van der Waals surface area contributed by atoms with Crippen molar-refractivity contribution in [1.82, 2.24) is 29.7 Å². The molecule has 3 aromatic rings. The molecule has 0 spiro atoms. The Balaban J connectivity index is 1.27. The molecule has 10 heteroatoms. The minimum absolute atomic E-state index is 0.233.